The first kappa shape index (κ1) is 24.4. The number of aliphatic hydroxyl groups excluding tert-OH is 1. The van der Waals surface area contributed by atoms with Crippen molar-refractivity contribution in [3.05, 3.63) is 54.2 Å². The zero-order valence-electron chi connectivity index (χ0n) is 19.2. The Bertz CT molecular complexity index is 1010. The summed E-state index contributed by atoms with van der Waals surface area (Å²) in [5.74, 6) is 1.41. The third-order valence-electron chi connectivity index (χ3n) is 5.46. The van der Waals surface area contributed by atoms with Crippen molar-refractivity contribution < 1.29 is 24.5 Å². The van der Waals surface area contributed by atoms with Crippen LogP contribution < -0.4 is 14.8 Å². The van der Waals surface area contributed by atoms with Crippen LogP contribution in [0.3, 0.4) is 0 Å². The fourth-order valence-corrected chi connectivity index (χ4v) is 3.60. The van der Waals surface area contributed by atoms with Gasteiger partial charge in [0.25, 0.3) is 5.91 Å². The molecule has 33 heavy (non-hydrogen) atoms. The number of aliphatic hydroxyl groups is 1. The summed E-state index contributed by atoms with van der Waals surface area (Å²) in [6.45, 7) is 6.51. The Kier molecular flexibility index (Phi) is 8.97. The molecular weight excluding hydrogens is 422 g/mol. The molecule has 3 aromatic rings. The van der Waals surface area contributed by atoms with Crippen molar-refractivity contribution in [2.24, 2.45) is 0 Å². The number of nitrogens with zero attached hydrogens (tertiary/aromatic N) is 1. The number of aromatic amines is 1. The molecule has 178 valence electrons. The number of carbonyl (C=O) groups excluding carboxylic acids is 1. The van der Waals surface area contributed by atoms with E-state index in [1.807, 2.05) is 38.2 Å². The first-order valence-electron chi connectivity index (χ1n) is 11.3. The SMILES string of the molecule is CCN(CC)C(=O)COc1cccc2c(CCNC[C@H](O)COc3ccc(O)cc3)c[nH]c12. The number of aromatic hydroxyl groups is 1. The van der Waals surface area contributed by atoms with Gasteiger partial charge in [-0.05, 0) is 62.7 Å². The Hall–Kier alpha value is -3.23. The van der Waals surface area contributed by atoms with Crippen LogP contribution in [-0.2, 0) is 11.2 Å². The van der Waals surface area contributed by atoms with Gasteiger partial charge in [-0.1, -0.05) is 12.1 Å². The highest BCUT2D eigenvalue weighted by Crippen LogP contribution is 2.27. The lowest BCUT2D eigenvalue weighted by Gasteiger charge is -2.18. The number of hydrogen-bond acceptors (Lipinski definition) is 6. The molecule has 0 fully saturated rings. The van der Waals surface area contributed by atoms with Gasteiger partial charge in [0.2, 0.25) is 0 Å². The van der Waals surface area contributed by atoms with Crippen LogP contribution in [0.2, 0.25) is 0 Å². The van der Waals surface area contributed by atoms with Gasteiger partial charge < -0.3 is 34.9 Å². The Balaban J connectivity index is 1.45. The van der Waals surface area contributed by atoms with Gasteiger partial charge in [-0.15, -0.1) is 0 Å². The number of hydrogen-bond donors (Lipinski definition) is 4. The van der Waals surface area contributed by atoms with Gasteiger partial charge >= 0.3 is 0 Å². The molecule has 0 aliphatic carbocycles. The van der Waals surface area contributed by atoms with E-state index in [1.165, 1.54) is 0 Å². The topological polar surface area (TPSA) is 107 Å². The number of phenols is 1. The fourth-order valence-electron chi connectivity index (χ4n) is 3.60. The molecule has 0 spiro atoms. The summed E-state index contributed by atoms with van der Waals surface area (Å²) >= 11 is 0. The van der Waals surface area contributed by atoms with Crippen molar-refractivity contribution in [3.63, 3.8) is 0 Å². The summed E-state index contributed by atoms with van der Waals surface area (Å²) in [6, 6.07) is 12.2. The summed E-state index contributed by atoms with van der Waals surface area (Å²) in [6.07, 6.45) is 2.08. The molecule has 8 heteroatoms. The number of carbonyl (C=O) groups is 1. The molecule has 1 aromatic heterocycles. The molecule has 0 aliphatic rings. The Morgan fingerprint density at radius 2 is 1.88 bits per heavy atom. The number of aromatic nitrogens is 1. The predicted octanol–water partition coefficient (Wildman–Crippen LogP) is 2.69. The smallest absolute Gasteiger partial charge is 0.260 e. The standard InChI is InChI=1S/C25H33N3O5/c1-3-28(4-2)24(31)17-33-23-7-5-6-22-18(14-27-25(22)23)12-13-26-15-20(30)16-32-21-10-8-19(29)9-11-21/h5-11,14,20,26-27,29-30H,3-4,12-13,15-17H2,1-2H3/t20-/m0/s1. The van der Waals surface area contributed by atoms with E-state index in [1.54, 1.807) is 29.2 Å². The van der Waals surface area contributed by atoms with E-state index in [0.717, 1.165) is 22.9 Å². The number of benzene rings is 2. The number of phenolic OH excluding ortho intramolecular Hbond substituents is 1. The van der Waals surface area contributed by atoms with E-state index in [2.05, 4.69) is 10.3 Å². The monoisotopic (exact) mass is 455 g/mol. The van der Waals surface area contributed by atoms with Crippen molar-refractivity contribution >= 4 is 16.8 Å². The number of amides is 1. The molecule has 2 aromatic carbocycles. The molecule has 0 aliphatic heterocycles. The zero-order valence-corrected chi connectivity index (χ0v) is 19.2. The molecule has 0 bridgehead atoms. The summed E-state index contributed by atoms with van der Waals surface area (Å²) < 4.78 is 11.3. The molecule has 4 N–H and O–H groups in total. The van der Waals surface area contributed by atoms with Gasteiger partial charge in [-0.25, -0.2) is 0 Å². The van der Waals surface area contributed by atoms with E-state index >= 15 is 0 Å². The average molecular weight is 456 g/mol. The van der Waals surface area contributed by atoms with Crippen molar-refractivity contribution in [1.29, 1.82) is 0 Å². The lowest BCUT2D eigenvalue weighted by Crippen LogP contribution is -2.34. The van der Waals surface area contributed by atoms with E-state index in [0.29, 0.717) is 37.7 Å². The van der Waals surface area contributed by atoms with Crippen LogP contribution in [0.25, 0.3) is 10.9 Å². The minimum Gasteiger partial charge on any atom is -0.508 e. The van der Waals surface area contributed by atoms with Gasteiger partial charge in [-0.2, -0.15) is 0 Å². The molecular formula is C25H33N3O5. The molecule has 8 nitrogen and oxygen atoms in total. The highest BCUT2D eigenvalue weighted by molar-refractivity contribution is 5.88. The molecule has 0 unspecified atom stereocenters. The number of fused-ring (bicyclic) bond motifs is 1. The number of likely N-dealkylation sites (N-methyl/N-ethyl adjacent to an activating group) is 1. The summed E-state index contributed by atoms with van der Waals surface area (Å²) in [7, 11) is 0. The van der Waals surface area contributed by atoms with Gasteiger partial charge in [0.15, 0.2) is 6.61 Å². The maximum Gasteiger partial charge on any atom is 0.260 e. The molecule has 1 atom stereocenters. The van der Waals surface area contributed by atoms with Crippen LogP contribution in [0.4, 0.5) is 0 Å². The number of nitrogens with one attached hydrogen (secondary N) is 2. The van der Waals surface area contributed by atoms with Crippen molar-refractivity contribution in [1.82, 2.24) is 15.2 Å². The van der Waals surface area contributed by atoms with Crippen LogP contribution in [0, 0.1) is 0 Å². The largest absolute Gasteiger partial charge is 0.508 e. The summed E-state index contributed by atoms with van der Waals surface area (Å²) in [5, 5.41) is 23.7. The Morgan fingerprint density at radius 1 is 1.12 bits per heavy atom. The highest BCUT2D eigenvalue weighted by Gasteiger charge is 2.13. The first-order valence-corrected chi connectivity index (χ1v) is 11.3. The third kappa shape index (κ3) is 6.87. The third-order valence-corrected chi connectivity index (χ3v) is 5.46. The quantitative estimate of drug-likeness (QED) is 0.295. The lowest BCUT2D eigenvalue weighted by molar-refractivity contribution is -0.132. The lowest BCUT2D eigenvalue weighted by atomic mass is 10.1. The van der Waals surface area contributed by atoms with E-state index in [-0.39, 0.29) is 24.9 Å². The number of rotatable bonds is 13. The first-order chi connectivity index (χ1) is 16.0. The minimum atomic E-state index is -0.648. The van der Waals surface area contributed by atoms with Gasteiger partial charge in [0, 0.05) is 31.2 Å². The number of H-pyrrole nitrogens is 1. The van der Waals surface area contributed by atoms with Crippen LogP contribution in [-0.4, -0.2) is 71.5 Å². The van der Waals surface area contributed by atoms with Crippen LogP contribution in [0.15, 0.2) is 48.7 Å². The van der Waals surface area contributed by atoms with Gasteiger partial charge in [0.05, 0.1) is 5.52 Å². The van der Waals surface area contributed by atoms with E-state index < -0.39 is 6.10 Å². The van der Waals surface area contributed by atoms with Gasteiger partial charge in [0.1, 0.15) is 30.0 Å². The molecule has 0 saturated carbocycles. The fraction of sp³-hybridized carbons (Fsp3) is 0.400. The van der Waals surface area contributed by atoms with Gasteiger partial charge in [-0.3, -0.25) is 4.79 Å². The van der Waals surface area contributed by atoms with Crippen molar-refractivity contribution in [2.45, 2.75) is 26.4 Å². The van der Waals surface area contributed by atoms with Crippen LogP contribution in [0.5, 0.6) is 17.2 Å². The normalized spacial score (nSPS) is 12.0. The highest BCUT2D eigenvalue weighted by atomic mass is 16.5. The molecule has 0 radical (unpaired) electrons. The molecule has 0 saturated heterocycles. The Labute approximate surface area is 194 Å². The van der Waals surface area contributed by atoms with Crippen LogP contribution >= 0.6 is 0 Å². The molecule has 1 heterocycles. The van der Waals surface area contributed by atoms with E-state index in [9.17, 15) is 15.0 Å². The maximum absolute atomic E-state index is 12.2. The maximum atomic E-state index is 12.2. The summed E-state index contributed by atoms with van der Waals surface area (Å²) in [4.78, 5) is 17.2. The second-order valence-electron chi connectivity index (χ2n) is 7.76. The predicted molar refractivity (Wildman–Crippen MR) is 128 cm³/mol. The van der Waals surface area contributed by atoms with Crippen LogP contribution in [0.1, 0.15) is 19.4 Å². The zero-order chi connectivity index (χ0) is 23.6. The molecule has 1 amide bonds. The second kappa shape index (κ2) is 12.1. The second-order valence-corrected chi connectivity index (χ2v) is 7.76. The number of ether oxygens (including phenoxy) is 2. The minimum absolute atomic E-state index is 0.0147. The summed E-state index contributed by atoms with van der Waals surface area (Å²) in [5.41, 5.74) is 2.01. The van der Waals surface area contributed by atoms with Crippen molar-refractivity contribution in [3.8, 4) is 17.2 Å². The average Bonchev–Trinajstić information content (AvgIpc) is 3.24. The Morgan fingerprint density at radius 3 is 2.61 bits per heavy atom. The molecule has 3 rings (SSSR count). The van der Waals surface area contributed by atoms with E-state index in [4.69, 9.17) is 9.47 Å². The number of para-hydroxylation sites is 1. The van der Waals surface area contributed by atoms with Crippen molar-refractivity contribution in [2.75, 3.05) is 39.4 Å².